The number of rotatable bonds is 21. The molecule has 5 nitrogen and oxygen atoms in total. The third kappa shape index (κ3) is 26.4. The van der Waals surface area contributed by atoms with Crippen LogP contribution >= 0.6 is 0 Å². The number of aliphatic carboxylic acids is 1. The largest absolute Gasteiger partial charge is 0.478 e. The van der Waals surface area contributed by atoms with Crippen LogP contribution in [0.4, 0.5) is 0 Å². The SMILES string of the molecule is C=CC(O)OC(=O)C(=C)C.CCCCCCCCCCCCCCCCCCC=C(C)C(=O)O. The highest BCUT2D eigenvalue weighted by molar-refractivity contribution is 5.87. The highest BCUT2D eigenvalue weighted by atomic mass is 16.6. The normalized spacial score (nSPS) is 11.8. The molecule has 0 rings (SSSR count). The molecule has 198 valence electrons. The van der Waals surface area contributed by atoms with E-state index in [0.717, 1.165) is 18.9 Å². The Morgan fingerprint density at radius 2 is 1.18 bits per heavy atom. The molecule has 0 radical (unpaired) electrons. The molecule has 0 spiro atoms. The number of carbonyl (C=O) groups is 2. The van der Waals surface area contributed by atoms with Gasteiger partial charge in [0, 0.05) is 11.1 Å². The number of hydrogen-bond acceptors (Lipinski definition) is 4. The second-order valence-corrected chi connectivity index (χ2v) is 9.10. The fraction of sp³-hybridized carbons (Fsp3) is 0.724. The van der Waals surface area contributed by atoms with E-state index < -0.39 is 18.2 Å². The van der Waals surface area contributed by atoms with Crippen molar-refractivity contribution in [2.24, 2.45) is 0 Å². The molecule has 0 saturated carbocycles. The highest BCUT2D eigenvalue weighted by Crippen LogP contribution is 2.14. The Balaban J connectivity index is 0. The van der Waals surface area contributed by atoms with Gasteiger partial charge in [0.25, 0.3) is 0 Å². The third-order valence-electron chi connectivity index (χ3n) is 5.62. The first-order chi connectivity index (χ1) is 16.3. The van der Waals surface area contributed by atoms with Crippen LogP contribution in [-0.4, -0.2) is 28.4 Å². The van der Waals surface area contributed by atoms with E-state index in [1.165, 1.54) is 103 Å². The first-order valence-electron chi connectivity index (χ1n) is 13.3. The molecule has 0 fully saturated rings. The van der Waals surface area contributed by atoms with Gasteiger partial charge in [-0.3, -0.25) is 0 Å². The van der Waals surface area contributed by atoms with Crippen molar-refractivity contribution in [3.63, 3.8) is 0 Å². The van der Waals surface area contributed by atoms with Crippen molar-refractivity contribution in [3.05, 3.63) is 36.5 Å². The summed E-state index contributed by atoms with van der Waals surface area (Å²) < 4.78 is 4.36. The summed E-state index contributed by atoms with van der Waals surface area (Å²) in [5.41, 5.74) is 0.733. The van der Waals surface area contributed by atoms with E-state index in [1.807, 2.05) is 6.08 Å². The number of hydrogen-bond donors (Lipinski definition) is 2. The second kappa shape index (κ2) is 25.7. The molecule has 0 aromatic heterocycles. The Morgan fingerprint density at radius 3 is 1.50 bits per heavy atom. The lowest BCUT2D eigenvalue weighted by Gasteiger charge is -2.05. The number of ether oxygens (including phenoxy) is 1. The van der Waals surface area contributed by atoms with Gasteiger partial charge in [-0.15, -0.1) is 0 Å². The van der Waals surface area contributed by atoms with E-state index in [1.54, 1.807) is 6.92 Å². The molecule has 0 aliphatic rings. The van der Waals surface area contributed by atoms with Gasteiger partial charge in [0.05, 0.1) is 0 Å². The maximum atomic E-state index is 10.6. The Hall–Kier alpha value is -1.88. The molecular weight excluding hydrogens is 428 g/mol. The van der Waals surface area contributed by atoms with Gasteiger partial charge >= 0.3 is 11.9 Å². The average molecular weight is 481 g/mol. The standard InChI is InChI=1S/C22H42O2.C7H10O3/c1-3-4-5-6-7-8-9-10-11-12-13-14-15-16-17-18-19-20-21(2)22(23)24;1-4-6(8)10-7(9)5(2)3/h20H,3-19H2,1-2H3,(H,23,24);4,6,8H,1-2H2,3H3. The molecule has 0 aliphatic heterocycles. The zero-order valence-corrected chi connectivity index (χ0v) is 22.3. The van der Waals surface area contributed by atoms with E-state index >= 15 is 0 Å². The fourth-order valence-electron chi connectivity index (χ4n) is 3.36. The Morgan fingerprint density at radius 1 is 0.794 bits per heavy atom. The van der Waals surface area contributed by atoms with Gasteiger partial charge in [0.2, 0.25) is 6.29 Å². The number of esters is 1. The van der Waals surface area contributed by atoms with Gasteiger partial charge in [-0.05, 0) is 32.8 Å². The Kier molecular flexibility index (Phi) is 26.0. The van der Waals surface area contributed by atoms with E-state index in [-0.39, 0.29) is 5.57 Å². The second-order valence-electron chi connectivity index (χ2n) is 9.10. The minimum Gasteiger partial charge on any atom is -0.478 e. The van der Waals surface area contributed by atoms with Gasteiger partial charge in [-0.25, -0.2) is 9.59 Å². The number of unbranched alkanes of at least 4 members (excludes halogenated alkanes) is 16. The molecule has 0 saturated heterocycles. The molecule has 0 bridgehead atoms. The highest BCUT2D eigenvalue weighted by Gasteiger charge is 2.06. The fourth-order valence-corrected chi connectivity index (χ4v) is 3.36. The zero-order chi connectivity index (χ0) is 26.0. The molecule has 1 unspecified atom stereocenters. The van der Waals surface area contributed by atoms with Crippen LogP contribution in [0, 0.1) is 0 Å². The van der Waals surface area contributed by atoms with E-state index in [4.69, 9.17) is 10.2 Å². The van der Waals surface area contributed by atoms with Crippen LogP contribution in [0.25, 0.3) is 0 Å². The number of carboxylic acids is 1. The van der Waals surface area contributed by atoms with E-state index in [0.29, 0.717) is 5.57 Å². The van der Waals surface area contributed by atoms with Crippen molar-refractivity contribution in [1.29, 1.82) is 0 Å². The number of allylic oxidation sites excluding steroid dienone is 1. The molecule has 34 heavy (non-hydrogen) atoms. The predicted octanol–water partition coefficient (Wildman–Crippen LogP) is 8.28. The topological polar surface area (TPSA) is 83.8 Å². The van der Waals surface area contributed by atoms with Gasteiger partial charge in [0.1, 0.15) is 0 Å². The van der Waals surface area contributed by atoms with Crippen LogP contribution in [-0.2, 0) is 14.3 Å². The molecular formula is C29H52O5. The Bertz CT molecular complexity index is 565. The van der Waals surface area contributed by atoms with Crippen LogP contribution < -0.4 is 0 Å². The van der Waals surface area contributed by atoms with Crippen molar-refractivity contribution >= 4 is 11.9 Å². The summed E-state index contributed by atoms with van der Waals surface area (Å²) in [5, 5.41) is 17.4. The lowest BCUT2D eigenvalue weighted by molar-refractivity contribution is -0.155. The summed E-state index contributed by atoms with van der Waals surface area (Å²) in [5.74, 6) is -1.40. The van der Waals surface area contributed by atoms with Crippen LogP contribution in [0.1, 0.15) is 130 Å². The summed E-state index contributed by atoms with van der Waals surface area (Å²) in [6, 6.07) is 0. The molecule has 0 amide bonds. The van der Waals surface area contributed by atoms with Crippen LogP contribution in [0.3, 0.4) is 0 Å². The number of carboxylic acid groups (broad SMARTS) is 1. The molecule has 0 heterocycles. The Labute approximate surface area is 209 Å². The van der Waals surface area contributed by atoms with Crippen LogP contribution in [0.5, 0.6) is 0 Å². The van der Waals surface area contributed by atoms with Crippen molar-refractivity contribution < 1.29 is 24.5 Å². The molecule has 2 N–H and O–H groups in total. The number of aliphatic hydroxyl groups is 1. The first kappa shape index (κ1) is 34.3. The molecule has 0 aromatic rings. The van der Waals surface area contributed by atoms with Gasteiger partial charge in [-0.2, -0.15) is 0 Å². The summed E-state index contributed by atoms with van der Waals surface area (Å²) in [7, 11) is 0. The van der Waals surface area contributed by atoms with Crippen molar-refractivity contribution in [2.75, 3.05) is 0 Å². The predicted molar refractivity (Wildman–Crippen MR) is 143 cm³/mol. The molecule has 0 aliphatic carbocycles. The van der Waals surface area contributed by atoms with Gasteiger partial charge in [-0.1, -0.05) is 122 Å². The van der Waals surface area contributed by atoms with Crippen molar-refractivity contribution in [1.82, 2.24) is 0 Å². The summed E-state index contributed by atoms with van der Waals surface area (Å²) in [6.45, 7) is 12.0. The molecule has 0 aromatic carbocycles. The zero-order valence-electron chi connectivity index (χ0n) is 22.3. The third-order valence-corrected chi connectivity index (χ3v) is 5.62. The molecule has 1 atom stereocenters. The van der Waals surface area contributed by atoms with Crippen molar-refractivity contribution in [3.8, 4) is 0 Å². The maximum absolute atomic E-state index is 10.6. The smallest absolute Gasteiger partial charge is 0.335 e. The minimum atomic E-state index is -1.23. The van der Waals surface area contributed by atoms with Crippen molar-refractivity contribution in [2.45, 2.75) is 136 Å². The maximum Gasteiger partial charge on any atom is 0.335 e. The van der Waals surface area contributed by atoms with E-state index in [9.17, 15) is 9.59 Å². The monoisotopic (exact) mass is 480 g/mol. The lowest BCUT2D eigenvalue weighted by atomic mass is 10.0. The lowest BCUT2D eigenvalue weighted by Crippen LogP contribution is -2.14. The summed E-state index contributed by atoms with van der Waals surface area (Å²) >= 11 is 0. The van der Waals surface area contributed by atoms with Gasteiger partial charge in [0.15, 0.2) is 0 Å². The summed E-state index contributed by atoms with van der Waals surface area (Å²) in [6.07, 6.45) is 24.7. The van der Waals surface area contributed by atoms with E-state index in [2.05, 4.69) is 24.8 Å². The summed E-state index contributed by atoms with van der Waals surface area (Å²) in [4.78, 5) is 21.2. The quantitative estimate of drug-likeness (QED) is 0.0567. The average Bonchev–Trinajstić information content (AvgIpc) is 2.81. The number of carbonyl (C=O) groups excluding carboxylic acids is 1. The molecule has 5 heteroatoms. The van der Waals surface area contributed by atoms with Crippen LogP contribution in [0.15, 0.2) is 36.5 Å². The van der Waals surface area contributed by atoms with Crippen LogP contribution in [0.2, 0.25) is 0 Å². The first-order valence-corrected chi connectivity index (χ1v) is 13.3. The number of aliphatic hydroxyl groups excluding tert-OH is 1. The van der Waals surface area contributed by atoms with Gasteiger partial charge < -0.3 is 14.9 Å². The minimum absolute atomic E-state index is 0.251.